The van der Waals surface area contributed by atoms with Gasteiger partial charge in [0.15, 0.2) is 0 Å². The summed E-state index contributed by atoms with van der Waals surface area (Å²) < 4.78 is 10.9. The van der Waals surface area contributed by atoms with Crippen LogP contribution in [0.15, 0.2) is 18.2 Å². The zero-order valence-corrected chi connectivity index (χ0v) is 13.0. The molecular formula is C16H24ClNO2. The second-order valence-electron chi connectivity index (χ2n) is 5.57. The molecule has 1 unspecified atom stereocenters. The first kappa shape index (κ1) is 15.6. The van der Waals surface area contributed by atoms with E-state index in [-0.39, 0.29) is 6.04 Å². The Morgan fingerprint density at radius 2 is 2.15 bits per heavy atom. The zero-order chi connectivity index (χ0) is 14.5. The molecule has 0 aromatic heterocycles. The number of rotatable bonds is 7. The van der Waals surface area contributed by atoms with Crippen LogP contribution in [0.25, 0.3) is 0 Å². The highest BCUT2D eigenvalue weighted by atomic mass is 35.5. The van der Waals surface area contributed by atoms with Crippen molar-refractivity contribution < 1.29 is 9.47 Å². The fourth-order valence-corrected chi connectivity index (χ4v) is 3.13. The summed E-state index contributed by atoms with van der Waals surface area (Å²) in [5.74, 6) is 1.57. The topological polar surface area (TPSA) is 44.5 Å². The van der Waals surface area contributed by atoms with Gasteiger partial charge in [-0.1, -0.05) is 11.6 Å². The van der Waals surface area contributed by atoms with Gasteiger partial charge in [0.2, 0.25) is 0 Å². The van der Waals surface area contributed by atoms with Crippen LogP contribution >= 0.6 is 11.6 Å². The maximum absolute atomic E-state index is 6.27. The standard InChI is InChI=1S/C16H24ClNO2/c1-3-20-15-7-11(8-15)6-14(18)10-12-9-13(17)4-5-16(12)19-2/h4-5,9,11,14-15H,3,6-8,10,18H2,1-2H3. The van der Waals surface area contributed by atoms with Crippen molar-refractivity contribution in [3.05, 3.63) is 28.8 Å². The summed E-state index contributed by atoms with van der Waals surface area (Å²) >= 11 is 6.04. The van der Waals surface area contributed by atoms with Crippen molar-refractivity contribution in [2.24, 2.45) is 11.7 Å². The second-order valence-corrected chi connectivity index (χ2v) is 6.01. The summed E-state index contributed by atoms with van der Waals surface area (Å²) in [6, 6.07) is 5.84. The molecule has 1 aliphatic rings. The molecule has 0 aliphatic heterocycles. The van der Waals surface area contributed by atoms with Gasteiger partial charge in [-0.25, -0.2) is 0 Å². The van der Waals surface area contributed by atoms with E-state index in [0.717, 1.165) is 48.6 Å². The molecule has 112 valence electrons. The minimum atomic E-state index is 0.148. The van der Waals surface area contributed by atoms with Crippen LogP contribution in [0.2, 0.25) is 5.02 Å². The Morgan fingerprint density at radius 3 is 2.80 bits per heavy atom. The minimum absolute atomic E-state index is 0.148. The van der Waals surface area contributed by atoms with Gasteiger partial charge in [-0.15, -0.1) is 0 Å². The monoisotopic (exact) mass is 297 g/mol. The van der Waals surface area contributed by atoms with E-state index >= 15 is 0 Å². The highest BCUT2D eigenvalue weighted by molar-refractivity contribution is 6.30. The molecule has 0 saturated heterocycles. The highest BCUT2D eigenvalue weighted by Gasteiger charge is 2.30. The van der Waals surface area contributed by atoms with Crippen LogP contribution in [0.5, 0.6) is 5.75 Å². The zero-order valence-electron chi connectivity index (χ0n) is 12.3. The summed E-state index contributed by atoms with van der Waals surface area (Å²) in [6.07, 6.45) is 4.60. The smallest absolute Gasteiger partial charge is 0.122 e. The summed E-state index contributed by atoms with van der Waals surface area (Å²) in [5.41, 5.74) is 7.36. The van der Waals surface area contributed by atoms with E-state index in [0.29, 0.717) is 12.0 Å². The molecule has 0 bridgehead atoms. The molecule has 4 heteroatoms. The number of nitrogens with two attached hydrogens (primary N) is 1. The second kappa shape index (κ2) is 7.30. The highest BCUT2D eigenvalue weighted by Crippen LogP contribution is 2.34. The van der Waals surface area contributed by atoms with Crippen LogP contribution in [0.3, 0.4) is 0 Å². The van der Waals surface area contributed by atoms with Gasteiger partial charge >= 0.3 is 0 Å². The van der Waals surface area contributed by atoms with E-state index in [1.807, 2.05) is 25.1 Å². The lowest BCUT2D eigenvalue weighted by Crippen LogP contribution is -2.36. The van der Waals surface area contributed by atoms with Crippen molar-refractivity contribution in [1.82, 2.24) is 0 Å². The van der Waals surface area contributed by atoms with Gasteiger partial charge in [0.05, 0.1) is 13.2 Å². The number of hydrogen-bond acceptors (Lipinski definition) is 3. The van der Waals surface area contributed by atoms with Gasteiger partial charge in [-0.3, -0.25) is 0 Å². The van der Waals surface area contributed by atoms with E-state index in [4.69, 9.17) is 26.8 Å². The molecule has 1 saturated carbocycles. The fraction of sp³-hybridized carbons (Fsp3) is 0.625. The van der Waals surface area contributed by atoms with Gasteiger partial charge in [0, 0.05) is 17.7 Å². The normalized spacial score (nSPS) is 23.2. The van der Waals surface area contributed by atoms with Gasteiger partial charge in [-0.05, 0) is 62.3 Å². The molecule has 1 aromatic carbocycles. The van der Waals surface area contributed by atoms with Crippen molar-refractivity contribution in [1.29, 1.82) is 0 Å². The molecular weight excluding hydrogens is 274 g/mol. The molecule has 0 spiro atoms. The van der Waals surface area contributed by atoms with Crippen molar-refractivity contribution in [3.8, 4) is 5.75 Å². The lowest BCUT2D eigenvalue weighted by atomic mass is 9.77. The molecule has 2 N–H and O–H groups in total. The van der Waals surface area contributed by atoms with Crippen molar-refractivity contribution in [3.63, 3.8) is 0 Å². The van der Waals surface area contributed by atoms with Gasteiger partial charge < -0.3 is 15.2 Å². The van der Waals surface area contributed by atoms with E-state index in [1.165, 1.54) is 0 Å². The Bertz CT molecular complexity index is 432. The Hall–Kier alpha value is -0.770. The van der Waals surface area contributed by atoms with E-state index in [2.05, 4.69) is 0 Å². The maximum Gasteiger partial charge on any atom is 0.122 e. The Kier molecular flexibility index (Phi) is 5.70. The number of ether oxygens (including phenoxy) is 2. The van der Waals surface area contributed by atoms with Gasteiger partial charge in [-0.2, -0.15) is 0 Å². The van der Waals surface area contributed by atoms with Crippen LogP contribution in [0.1, 0.15) is 31.7 Å². The minimum Gasteiger partial charge on any atom is -0.496 e. The molecule has 1 aliphatic carbocycles. The van der Waals surface area contributed by atoms with Crippen LogP contribution in [-0.4, -0.2) is 25.9 Å². The van der Waals surface area contributed by atoms with E-state index in [1.54, 1.807) is 7.11 Å². The molecule has 0 amide bonds. The van der Waals surface area contributed by atoms with E-state index < -0.39 is 0 Å². The molecule has 1 fully saturated rings. The molecule has 1 atom stereocenters. The Balaban J connectivity index is 1.83. The number of methoxy groups -OCH3 is 1. The summed E-state index contributed by atoms with van der Waals surface area (Å²) in [6.45, 7) is 2.85. The molecule has 0 heterocycles. The first-order chi connectivity index (χ1) is 9.62. The Labute approximate surface area is 126 Å². The van der Waals surface area contributed by atoms with Crippen LogP contribution < -0.4 is 10.5 Å². The quantitative estimate of drug-likeness (QED) is 0.838. The average Bonchev–Trinajstić information content (AvgIpc) is 2.36. The first-order valence-electron chi connectivity index (χ1n) is 7.32. The summed E-state index contributed by atoms with van der Waals surface area (Å²) in [5, 5.41) is 0.730. The van der Waals surface area contributed by atoms with Crippen LogP contribution in [0, 0.1) is 5.92 Å². The third kappa shape index (κ3) is 4.11. The Morgan fingerprint density at radius 1 is 1.40 bits per heavy atom. The fourth-order valence-electron chi connectivity index (χ4n) is 2.94. The maximum atomic E-state index is 6.27. The number of benzene rings is 1. The molecule has 0 radical (unpaired) electrons. The predicted molar refractivity (Wildman–Crippen MR) is 82.4 cm³/mol. The lowest BCUT2D eigenvalue weighted by Gasteiger charge is -2.36. The van der Waals surface area contributed by atoms with Crippen molar-refractivity contribution in [2.75, 3.05) is 13.7 Å². The number of hydrogen-bond donors (Lipinski definition) is 1. The van der Waals surface area contributed by atoms with Gasteiger partial charge in [0.25, 0.3) is 0 Å². The van der Waals surface area contributed by atoms with Crippen LogP contribution in [0.4, 0.5) is 0 Å². The van der Waals surface area contributed by atoms with Crippen molar-refractivity contribution in [2.45, 2.75) is 44.8 Å². The van der Waals surface area contributed by atoms with Gasteiger partial charge in [0.1, 0.15) is 5.75 Å². The van der Waals surface area contributed by atoms with Crippen LogP contribution in [-0.2, 0) is 11.2 Å². The number of halogens is 1. The summed E-state index contributed by atoms with van der Waals surface area (Å²) in [7, 11) is 1.68. The lowest BCUT2D eigenvalue weighted by molar-refractivity contribution is -0.0281. The molecule has 2 rings (SSSR count). The SMILES string of the molecule is CCOC1CC(CC(N)Cc2cc(Cl)ccc2OC)C1. The first-order valence-corrected chi connectivity index (χ1v) is 7.69. The predicted octanol–water partition coefficient (Wildman–Crippen LogP) is 3.42. The average molecular weight is 298 g/mol. The largest absolute Gasteiger partial charge is 0.496 e. The van der Waals surface area contributed by atoms with Crippen molar-refractivity contribution >= 4 is 11.6 Å². The molecule has 1 aromatic rings. The third-order valence-corrected chi connectivity index (χ3v) is 4.19. The molecule has 3 nitrogen and oxygen atoms in total. The third-order valence-electron chi connectivity index (χ3n) is 3.96. The van der Waals surface area contributed by atoms with E-state index in [9.17, 15) is 0 Å². The molecule has 20 heavy (non-hydrogen) atoms. The summed E-state index contributed by atoms with van der Waals surface area (Å²) in [4.78, 5) is 0.